The molecule has 0 bridgehead atoms. The van der Waals surface area contributed by atoms with Gasteiger partial charge in [-0.2, -0.15) is 5.10 Å². The number of hydrogen-bond acceptors (Lipinski definition) is 4. The third-order valence-corrected chi connectivity index (χ3v) is 5.29. The van der Waals surface area contributed by atoms with Crippen LogP contribution in [-0.4, -0.2) is 24.6 Å². The third-order valence-electron chi connectivity index (χ3n) is 4.79. The van der Waals surface area contributed by atoms with Crippen LogP contribution in [-0.2, 0) is 9.59 Å². The Morgan fingerprint density at radius 3 is 2.76 bits per heavy atom. The summed E-state index contributed by atoms with van der Waals surface area (Å²) in [4.78, 5) is 24.7. The number of hydrogen-bond donors (Lipinski definition) is 2. The first-order chi connectivity index (χ1) is 14.1. The van der Waals surface area contributed by atoms with Crippen LogP contribution in [0.25, 0.3) is 11.3 Å². The molecule has 2 atom stereocenters. The van der Waals surface area contributed by atoms with E-state index in [1.165, 1.54) is 6.21 Å². The normalized spacial score (nSPS) is 18.7. The van der Waals surface area contributed by atoms with Crippen LogP contribution in [0.1, 0.15) is 17.2 Å². The highest BCUT2D eigenvalue weighted by molar-refractivity contribution is 9.10. The van der Waals surface area contributed by atoms with Crippen molar-refractivity contribution < 1.29 is 14.0 Å². The second-order valence-corrected chi connectivity index (χ2v) is 7.60. The van der Waals surface area contributed by atoms with Gasteiger partial charge in [0, 0.05) is 22.5 Å². The van der Waals surface area contributed by atoms with Crippen molar-refractivity contribution in [3.63, 3.8) is 0 Å². The zero-order valence-corrected chi connectivity index (χ0v) is 16.9. The minimum atomic E-state index is -0.816. The lowest BCUT2D eigenvalue weighted by Gasteiger charge is -2.15. The molecule has 1 fully saturated rings. The van der Waals surface area contributed by atoms with Crippen molar-refractivity contribution >= 4 is 34.0 Å². The first kappa shape index (κ1) is 19.1. The van der Waals surface area contributed by atoms with Gasteiger partial charge in [0.25, 0.3) is 5.91 Å². The standard InChI is InChI=1S/C22H18BrN3O3/c23-16-8-4-7-15(11-16)19-10-9-17(29-19)12-25-26-22(28)20-18(13-24-21(20)27)14-5-2-1-3-6-14/h1-12,18,20H,13H2,(H,24,27)(H,26,28)/t18-,20+/m0/s1. The molecule has 146 valence electrons. The lowest BCUT2D eigenvalue weighted by Crippen LogP contribution is -2.34. The van der Waals surface area contributed by atoms with Crippen molar-refractivity contribution in [1.82, 2.24) is 10.7 Å². The van der Waals surface area contributed by atoms with E-state index in [4.69, 9.17) is 4.42 Å². The molecule has 7 heteroatoms. The number of rotatable bonds is 5. The Bertz CT molecular complexity index is 1060. The molecule has 0 aliphatic carbocycles. The number of nitrogens with one attached hydrogen (secondary N) is 2. The predicted molar refractivity (Wildman–Crippen MR) is 113 cm³/mol. The summed E-state index contributed by atoms with van der Waals surface area (Å²) in [6, 6.07) is 20.9. The maximum Gasteiger partial charge on any atom is 0.253 e. The van der Waals surface area contributed by atoms with Crippen molar-refractivity contribution in [2.45, 2.75) is 5.92 Å². The Hall–Kier alpha value is -3.19. The van der Waals surface area contributed by atoms with E-state index in [-0.39, 0.29) is 11.8 Å². The second kappa shape index (κ2) is 8.45. The van der Waals surface area contributed by atoms with Crippen LogP contribution in [0.3, 0.4) is 0 Å². The third kappa shape index (κ3) is 4.30. The van der Waals surface area contributed by atoms with Crippen molar-refractivity contribution in [1.29, 1.82) is 0 Å². The quantitative estimate of drug-likeness (QED) is 0.352. The molecule has 1 aliphatic heterocycles. The van der Waals surface area contributed by atoms with Crippen molar-refractivity contribution in [2.24, 2.45) is 11.0 Å². The molecule has 6 nitrogen and oxygen atoms in total. The number of carbonyl (C=O) groups excluding carboxylic acids is 2. The minimum absolute atomic E-state index is 0.217. The Kier molecular flexibility index (Phi) is 5.57. The molecule has 0 radical (unpaired) electrons. The van der Waals surface area contributed by atoms with Gasteiger partial charge < -0.3 is 9.73 Å². The van der Waals surface area contributed by atoms with Gasteiger partial charge in [-0.3, -0.25) is 9.59 Å². The zero-order chi connectivity index (χ0) is 20.2. The Morgan fingerprint density at radius 1 is 1.14 bits per heavy atom. The number of halogens is 1. The molecule has 29 heavy (non-hydrogen) atoms. The highest BCUT2D eigenvalue weighted by Crippen LogP contribution is 2.29. The van der Waals surface area contributed by atoms with Crippen molar-refractivity contribution in [3.8, 4) is 11.3 Å². The van der Waals surface area contributed by atoms with Crippen LogP contribution < -0.4 is 10.7 Å². The van der Waals surface area contributed by atoms with E-state index in [1.54, 1.807) is 6.07 Å². The van der Waals surface area contributed by atoms with E-state index >= 15 is 0 Å². The smallest absolute Gasteiger partial charge is 0.253 e. The Balaban J connectivity index is 1.43. The molecule has 1 aromatic heterocycles. The molecule has 1 saturated heterocycles. The van der Waals surface area contributed by atoms with E-state index in [9.17, 15) is 9.59 Å². The monoisotopic (exact) mass is 451 g/mol. The van der Waals surface area contributed by atoms with Gasteiger partial charge in [-0.1, -0.05) is 58.4 Å². The van der Waals surface area contributed by atoms with E-state index in [2.05, 4.69) is 31.8 Å². The summed E-state index contributed by atoms with van der Waals surface area (Å²) in [7, 11) is 0. The maximum atomic E-state index is 12.6. The van der Waals surface area contributed by atoms with E-state index in [0.717, 1.165) is 15.6 Å². The molecular formula is C22H18BrN3O3. The maximum absolute atomic E-state index is 12.6. The van der Waals surface area contributed by atoms with Crippen molar-refractivity contribution in [2.75, 3.05) is 6.54 Å². The molecule has 2 heterocycles. The van der Waals surface area contributed by atoms with E-state index in [0.29, 0.717) is 18.1 Å². The summed E-state index contributed by atoms with van der Waals surface area (Å²) < 4.78 is 6.70. The molecule has 1 aliphatic rings. The van der Waals surface area contributed by atoms with Crippen molar-refractivity contribution in [3.05, 3.63) is 82.5 Å². The second-order valence-electron chi connectivity index (χ2n) is 6.69. The molecule has 3 aromatic rings. The molecule has 0 unspecified atom stereocenters. The fourth-order valence-corrected chi connectivity index (χ4v) is 3.78. The summed E-state index contributed by atoms with van der Waals surface area (Å²) >= 11 is 3.43. The Labute approximate surface area is 176 Å². The van der Waals surface area contributed by atoms with Gasteiger partial charge in [-0.15, -0.1) is 0 Å². The van der Waals surface area contributed by atoms with Crippen LogP contribution in [0.2, 0.25) is 0 Å². The highest BCUT2D eigenvalue weighted by Gasteiger charge is 2.40. The lowest BCUT2D eigenvalue weighted by atomic mass is 9.88. The fourth-order valence-electron chi connectivity index (χ4n) is 3.38. The van der Waals surface area contributed by atoms with Crippen LogP contribution in [0, 0.1) is 5.92 Å². The van der Waals surface area contributed by atoms with Gasteiger partial charge in [0.2, 0.25) is 5.91 Å². The van der Waals surface area contributed by atoms with Gasteiger partial charge in [0.15, 0.2) is 0 Å². The average Bonchev–Trinajstić information content (AvgIpc) is 3.35. The summed E-state index contributed by atoms with van der Waals surface area (Å²) in [6.45, 7) is 0.429. The van der Waals surface area contributed by atoms with E-state index < -0.39 is 11.8 Å². The molecule has 2 amide bonds. The van der Waals surface area contributed by atoms with Crippen LogP contribution >= 0.6 is 15.9 Å². The fraction of sp³-hybridized carbons (Fsp3) is 0.136. The van der Waals surface area contributed by atoms with Crippen LogP contribution in [0.4, 0.5) is 0 Å². The summed E-state index contributed by atoms with van der Waals surface area (Å²) in [6.07, 6.45) is 1.42. The van der Waals surface area contributed by atoms with Gasteiger partial charge in [0.1, 0.15) is 17.4 Å². The lowest BCUT2D eigenvalue weighted by molar-refractivity contribution is -0.133. The van der Waals surface area contributed by atoms with Crippen LogP contribution in [0.5, 0.6) is 0 Å². The predicted octanol–water partition coefficient (Wildman–Crippen LogP) is 3.69. The van der Waals surface area contributed by atoms with Gasteiger partial charge in [-0.05, 0) is 29.8 Å². The van der Waals surface area contributed by atoms with Gasteiger partial charge in [-0.25, -0.2) is 5.43 Å². The topological polar surface area (TPSA) is 83.7 Å². The number of benzene rings is 2. The average molecular weight is 452 g/mol. The number of hydrazone groups is 1. The number of furan rings is 1. The summed E-state index contributed by atoms with van der Waals surface area (Å²) in [5, 5.41) is 6.72. The molecule has 4 rings (SSSR count). The molecule has 2 N–H and O–H groups in total. The van der Waals surface area contributed by atoms with Gasteiger partial charge in [0.05, 0.1) is 6.21 Å². The minimum Gasteiger partial charge on any atom is -0.455 e. The SMILES string of the molecule is O=C1NC[C@@H](c2ccccc2)[C@H]1C(=O)NN=Cc1ccc(-c2cccc(Br)c2)o1. The summed E-state index contributed by atoms with van der Waals surface area (Å²) in [5.41, 5.74) is 4.33. The zero-order valence-electron chi connectivity index (χ0n) is 15.3. The number of carbonyl (C=O) groups is 2. The van der Waals surface area contributed by atoms with Crippen LogP contribution in [0.15, 0.2) is 80.7 Å². The largest absolute Gasteiger partial charge is 0.455 e. The van der Waals surface area contributed by atoms with Gasteiger partial charge >= 0.3 is 0 Å². The molecule has 0 saturated carbocycles. The molecule has 2 aromatic carbocycles. The first-order valence-electron chi connectivity index (χ1n) is 9.13. The number of nitrogens with zero attached hydrogens (tertiary/aromatic N) is 1. The molecule has 0 spiro atoms. The Morgan fingerprint density at radius 2 is 1.97 bits per heavy atom. The highest BCUT2D eigenvalue weighted by atomic mass is 79.9. The van der Waals surface area contributed by atoms with E-state index in [1.807, 2.05) is 60.7 Å². The number of amides is 2. The summed E-state index contributed by atoms with van der Waals surface area (Å²) in [5.74, 6) is -0.575. The molecular weight excluding hydrogens is 434 g/mol. The first-order valence-corrected chi connectivity index (χ1v) is 9.92.